The fourth-order valence-corrected chi connectivity index (χ4v) is 4.15. The Morgan fingerprint density at radius 1 is 0.875 bits per heavy atom. The van der Waals surface area contributed by atoms with Crippen LogP contribution in [0, 0.1) is 0 Å². The Morgan fingerprint density at radius 3 is 2.31 bits per heavy atom. The van der Waals surface area contributed by atoms with Crippen LogP contribution in [0.15, 0.2) is 47.4 Å². The molecular formula is C22H23F3N4O3. The number of para-hydroxylation sites is 1. The van der Waals surface area contributed by atoms with E-state index in [0.29, 0.717) is 38.8 Å². The molecule has 2 aromatic rings. The SMILES string of the molecule is O=C(Cn1cccc(C(F)(F)F)c1=O)N1CCN(CC(=O)N2CCc3ccccc32)CC1. The van der Waals surface area contributed by atoms with Gasteiger partial charge >= 0.3 is 6.18 Å². The third kappa shape index (κ3) is 4.55. The van der Waals surface area contributed by atoms with E-state index in [1.54, 1.807) is 4.90 Å². The second kappa shape index (κ2) is 8.78. The van der Waals surface area contributed by atoms with Crippen molar-refractivity contribution in [1.82, 2.24) is 14.4 Å². The number of halogens is 3. The predicted octanol–water partition coefficient (Wildman–Crippen LogP) is 1.60. The second-order valence-electron chi connectivity index (χ2n) is 7.93. The molecule has 2 aliphatic rings. The van der Waals surface area contributed by atoms with Crippen molar-refractivity contribution in [1.29, 1.82) is 0 Å². The molecule has 4 rings (SSSR count). The maximum atomic E-state index is 12.9. The molecule has 1 aromatic heterocycles. The van der Waals surface area contributed by atoms with Gasteiger partial charge in [0, 0.05) is 44.6 Å². The average molecular weight is 448 g/mol. The molecule has 0 N–H and O–H groups in total. The van der Waals surface area contributed by atoms with Crippen LogP contribution in [0.2, 0.25) is 0 Å². The first-order chi connectivity index (χ1) is 15.2. The first-order valence-electron chi connectivity index (χ1n) is 10.4. The van der Waals surface area contributed by atoms with E-state index in [1.165, 1.54) is 11.1 Å². The monoisotopic (exact) mass is 448 g/mol. The summed E-state index contributed by atoms with van der Waals surface area (Å²) in [7, 11) is 0. The lowest BCUT2D eigenvalue weighted by atomic mass is 10.2. The molecule has 0 aliphatic carbocycles. The van der Waals surface area contributed by atoms with Gasteiger partial charge in [0.25, 0.3) is 5.56 Å². The smallest absolute Gasteiger partial charge is 0.339 e. The molecular weight excluding hydrogens is 425 g/mol. The van der Waals surface area contributed by atoms with Gasteiger partial charge in [0.2, 0.25) is 11.8 Å². The molecule has 1 saturated heterocycles. The van der Waals surface area contributed by atoms with Gasteiger partial charge in [0.15, 0.2) is 0 Å². The van der Waals surface area contributed by atoms with E-state index in [1.807, 2.05) is 29.2 Å². The number of nitrogens with zero attached hydrogens (tertiary/aromatic N) is 4. The van der Waals surface area contributed by atoms with Crippen LogP contribution in [0.4, 0.5) is 18.9 Å². The number of fused-ring (bicyclic) bond motifs is 1. The highest BCUT2D eigenvalue weighted by Gasteiger charge is 2.34. The van der Waals surface area contributed by atoms with Crippen LogP contribution >= 0.6 is 0 Å². The normalized spacial score (nSPS) is 16.8. The molecule has 1 aromatic carbocycles. The minimum Gasteiger partial charge on any atom is -0.339 e. The molecule has 7 nitrogen and oxygen atoms in total. The maximum Gasteiger partial charge on any atom is 0.421 e. The number of hydrogen-bond acceptors (Lipinski definition) is 4. The highest BCUT2D eigenvalue weighted by Crippen LogP contribution is 2.28. The van der Waals surface area contributed by atoms with Crippen LogP contribution in [0.1, 0.15) is 11.1 Å². The Kier molecular flexibility index (Phi) is 6.05. The summed E-state index contributed by atoms with van der Waals surface area (Å²) in [5, 5.41) is 0. The Hall–Kier alpha value is -3.14. The van der Waals surface area contributed by atoms with Crippen molar-refractivity contribution in [3.8, 4) is 0 Å². The van der Waals surface area contributed by atoms with E-state index in [2.05, 4.69) is 0 Å². The van der Waals surface area contributed by atoms with Crippen LogP contribution in [0.3, 0.4) is 0 Å². The molecule has 0 radical (unpaired) electrons. The molecule has 0 spiro atoms. The van der Waals surface area contributed by atoms with E-state index >= 15 is 0 Å². The summed E-state index contributed by atoms with van der Waals surface area (Å²) >= 11 is 0. The molecule has 0 unspecified atom stereocenters. The summed E-state index contributed by atoms with van der Waals surface area (Å²) < 4.78 is 39.5. The molecule has 32 heavy (non-hydrogen) atoms. The van der Waals surface area contributed by atoms with Crippen LogP contribution in [0.25, 0.3) is 0 Å². The number of hydrogen-bond donors (Lipinski definition) is 0. The molecule has 2 aliphatic heterocycles. The molecule has 170 valence electrons. The van der Waals surface area contributed by atoms with Gasteiger partial charge in [-0.1, -0.05) is 18.2 Å². The van der Waals surface area contributed by atoms with Gasteiger partial charge in [-0.15, -0.1) is 0 Å². The van der Waals surface area contributed by atoms with Gasteiger partial charge in [-0.25, -0.2) is 0 Å². The lowest BCUT2D eigenvalue weighted by Crippen LogP contribution is -2.52. The van der Waals surface area contributed by atoms with E-state index in [0.717, 1.165) is 28.3 Å². The molecule has 2 amide bonds. The molecule has 0 bridgehead atoms. The van der Waals surface area contributed by atoms with Gasteiger partial charge in [-0.05, 0) is 30.2 Å². The fraction of sp³-hybridized carbons (Fsp3) is 0.409. The van der Waals surface area contributed by atoms with Crippen LogP contribution in [-0.4, -0.2) is 65.4 Å². The Labute approximate surface area is 182 Å². The number of benzene rings is 1. The predicted molar refractivity (Wildman–Crippen MR) is 111 cm³/mol. The van der Waals surface area contributed by atoms with E-state index in [9.17, 15) is 27.6 Å². The zero-order valence-electron chi connectivity index (χ0n) is 17.3. The first-order valence-corrected chi connectivity index (χ1v) is 10.4. The van der Waals surface area contributed by atoms with E-state index < -0.39 is 29.8 Å². The Balaban J connectivity index is 1.31. The van der Waals surface area contributed by atoms with Crippen molar-refractivity contribution >= 4 is 17.5 Å². The minimum atomic E-state index is -4.77. The van der Waals surface area contributed by atoms with Gasteiger partial charge in [-0.3, -0.25) is 19.3 Å². The van der Waals surface area contributed by atoms with Crippen LogP contribution in [-0.2, 0) is 28.7 Å². The van der Waals surface area contributed by atoms with Crippen molar-refractivity contribution in [2.45, 2.75) is 19.1 Å². The largest absolute Gasteiger partial charge is 0.421 e. The maximum absolute atomic E-state index is 12.9. The number of rotatable bonds is 4. The molecule has 0 atom stereocenters. The summed E-state index contributed by atoms with van der Waals surface area (Å²) in [6, 6.07) is 9.63. The van der Waals surface area contributed by atoms with Crippen molar-refractivity contribution in [3.63, 3.8) is 0 Å². The lowest BCUT2D eigenvalue weighted by Gasteiger charge is -2.35. The summed E-state index contributed by atoms with van der Waals surface area (Å²) in [5.74, 6) is -0.420. The van der Waals surface area contributed by atoms with E-state index in [-0.39, 0.29) is 12.5 Å². The zero-order valence-corrected chi connectivity index (χ0v) is 17.3. The number of aromatic nitrogens is 1. The molecule has 0 saturated carbocycles. The summed E-state index contributed by atoms with van der Waals surface area (Å²) in [6.45, 7) is 2.08. The third-order valence-corrected chi connectivity index (χ3v) is 5.90. The fourth-order valence-electron chi connectivity index (χ4n) is 4.15. The van der Waals surface area contributed by atoms with Gasteiger partial charge < -0.3 is 14.4 Å². The first kappa shape index (κ1) is 22.1. The molecule has 3 heterocycles. The number of carbonyl (C=O) groups excluding carboxylic acids is 2. The Morgan fingerprint density at radius 2 is 1.59 bits per heavy atom. The van der Waals surface area contributed by atoms with Crippen LogP contribution in [0.5, 0.6) is 0 Å². The minimum absolute atomic E-state index is 0.00486. The van der Waals surface area contributed by atoms with Crippen molar-refractivity contribution < 1.29 is 22.8 Å². The zero-order chi connectivity index (χ0) is 22.9. The number of alkyl halides is 3. The average Bonchev–Trinajstić information content (AvgIpc) is 3.19. The summed E-state index contributed by atoms with van der Waals surface area (Å²) in [4.78, 5) is 42.6. The Bertz CT molecular complexity index is 1070. The van der Waals surface area contributed by atoms with Crippen molar-refractivity contribution in [2.75, 3.05) is 44.2 Å². The van der Waals surface area contributed by atoms with Crippen LogP contribution < -0.4 is 10.5 Å². The van der Waals surface area contributed by atoms with Gasteiger partial charge in [-0.2, -0.15) is 13.2 Å². The molecule has 1 fully saturated rings. The number of pyridine rings is 1. The standard InChI is InChI=1S/C22H23F3N4O3/c23-22(24,25)17-5-3-8-28(21(17)32)15-19(30)27-12-10-26(11-13-27)14-20(31)29-9-7-16-4-1-2-6-18(16)29/h1-6,8H,7,9-15H2. The number of piperazine rings is 1. The van der Waals surface area contributed by atoms with Crippen molar-refractivity contribution in [2.24, 2.45) is 0 Å². The number of amides is 2. The highest BCUT2D eigenvalue weighted by molar-refractivity contribution is 5.96. The molecule has 10 heteroatoms. The highest BCUT2D eigenvalue weighted by atomic mass is 19.4. The van der Waals surface area contributed by atoms with Gasteiger partial charge in [0.1, 0.15) is 12.1 Å². The van der Waals surface area contributed by atoms with E-state index in [4.69, 9.17) is 0 Å². The quantitative estimate of drug-likeness (QED) is 0.713. The number of carbonyl (C=O) groups is 2. The third-order valence-electron chi connectivity index (χ3n) is 5.90. The second-order valence-corrected chi connectivity index (χ2v) is 7.93. The number of anilines is 1. The lowest BCUT2D eigenvalue weighted by molar-refractivity contribution is -0.140. The van der Waals surface area contributed by atoms with Crippen molar-refractivity contribution in [3.05, 3.63) is 64.1 Å². The summed E-state index contributed by atoms with van der Waals surface area (Å²) in [5.41, 5.74) is -0.429. The summed E-state index contributed by atoms with van der Waals surface area (Å²) in [6.07, 6.45) is -2.76. The van der Waals surface area contributed by atoms with Gasteiger partial charge in [0.05, 0.1) is 6.54 Å². The topological polar surface area (TPSA) is 65.9 Å².